The van der Waals surface area contributed by atoms with Crippen molar-refractivity contribution in [3.63, 3.8) is 0 Å². The van der Waals surface area contributed by atoms with Gasteiger partial charge in [-0.2, -0.15) is 0 Å². The minimum absolute atomic E-state index is 0.456. The van der Waals surface area contributed by atoms with Crippen molar-refractivity contribution in [2.24, 2.45) is 0 Å². The van der Waals surface area contributed by atoms with E-state index >= 15 is 0 Å². The standard InChI is InChI=1S/C65H42N2/c1-4-18-43(19-5-1)44-34-36-45(37-35-44)55-40-57-54-30-12-15-33-60(54)65(58-31-13-10-28-52(58)53-29-11-14-32-59(53)65)61(57)41-56(55)50-26-16-24-48(38-50)49-25-17-27-51(39-49)64-66-62(46-20-6-2-7-21-46)42-63(67-64)47-22-8-3-9-23-47/h1-42H. The fourth-order valence-electron chi connectivity index (χ4n) is 10.9. The van der Waals surface area contributed by atoms with Crippen molar-refractivity contribution in [2.45, 2.75) is 5.41 Å². The van der Waals surface area contributed by atoms with Crippen LogP contribution in [0.1, 0.15) is 22.3 Å². The monoisotopic (exact) mass is 850 g/mol. The Morgan fingerprint density at radius 2 is 0.597 bits per heavy atom. The smallest absolute Gasteiger partial charge is 0.160 e. The van der Waals surface area contributed by atoms with Gasteiger partial charge in [0.25, 0.3) is 0 Å². The first-order chi connectivity index (χ1) is 33.2. The number of aromatic nitrogens is 2. The fourth-order valence-corrected chi connectivity index (χ4v) is 10.9. The number of hydrogen-bond acceptors (Lipinski definition) is 2. The first-order valence-corrected chi connectivity index (χ1v) is 23.1. The van der Waals surface area contributed by atoms with Crippen LogP contribution in [0.2, 0.25) is 0 Å². The molecular formula is C65H42N2. The zero-order valence-corrected chi connectivity index (χ0v) is 36.6. The Kier molecular flexibility index (Phi) is 9.11. The third kappa shape index (κ3) is 6.33. The molecule has 0 amide bonds. The van der Waals surface area contributed by atoms with E-state index in [4.69, 9.17) is 9.97 Å². The van der Waals surface area contributed by atoms with E-state index in [1.807, 2.05) is 12.1 Å². The molecule has 0 atom stereocenters. The summed E-state index contributed by atoms with van der Waals surface area (Å²) in [5, 5.41) is 0. The minimum Gasteiger partial charge on any atom is -0.228 e. The summed E-state index contributed by atoms with van der Waals surface area (Å²) in [4.78, 5) is 10.4. The maximum Gasteiger partial charge on any atom is 0.160 e. The Hall–Kier alpha value is -8.72. The quantitative estimate of drug-likeness (QED) is 0.160. The predicted octanol–water partition coefficient (Wildman–Crippen LogP) is 16.5. The molecule has 1 heterocycles. The average molecular weight is 851 g/mol. The molecule has 0 aliphatic heterocycles. The highest BCUT2D eigenvalue weighted by atomic mass is 14.9. The molecule has 0 saturated carbocycles. The number of nitrogens with zero attached hydrogens (tertiary/aromatic N) is 2. The zero-order chi connectivity index (χ0) is 44.3. The van der Waals surface area contributed by atoms with E-state index in [2.05, 4.69) is 243 Å². The van der Waals surface area contributed by atoms with Crippen LogP contribution in [0.4, 0.5) is 0 Å². The summed E-state index contributed by atoms with van der Waals surface area (Å²) in [7, 11) is 0. The van der Waals surface area contributed by atoms with Gasteiger partial charge in [0.1, 0.15) is 0 Å². The number of hydrogen-bond donors (Lipinski definition) is 0. The van der Waals surface area contributed by atoms with E-state index in [9.17, 15) is 0 Å². The molecule has 2 aliphatic rings. The van der Waals surface area contributed by atoms with Crippen molar-refractivity contribution in [1.29, 1.82) is 0 Å². The molecule has 2 heteroatoms. The summed E-state index contributed by atoms with van der Waals surface area (Å²) in [6.07, 6.45) is 0. The predicted molar refractivity (Wildman–Crippen MR) is 276 cm³/mol. The van der Waals surface area contributed by atoms with Crippen molar-refractivity contribution < 1.29 is 0 Å². The number of benzene rings is 10. The molecule has 11 aromatic rings. The summed E-state index contributed by atoms with van der Waals surface area (Å²) in [6.45, 7) is 0. The number of rotatable bonds is 7. The lowest BCUT2D eigenvalue weighted by atomic mass is 9.70. The summed E-state index contributed by atoms with van der Waals surface area (Å²) >= 11 is 0. The van der Waals surface area contributed by atoms with Crippen LogP contribution in [-0.4, -0.2) is 9.97 Å². The van der Waals surface area contributed by atoms with Crippen LogP contribution in [0, 0.1) is 0 Å². The highest BCUT2D eigenvalue weighted by Crippen LogP contribution is 2.63. The topological polar surface area (TPSA) is 25.8 Å². The fraction of sp³-hybridized carbons (Fsp3) is 0.0154. The molecule has 0 N–H and O–H groups in total. The highest BCUT2D eigenvalue weighted by molar-refractivity contribution is 5.99. The Morgan fingerprint density at radius 3 is 1.15 bits per heavy atom. The summed E-state index contributed by atoms with van der Waals surface area (Å²) in [5.74, 6) is 0.694. The van der Waals surface area contributed by atoms with Crippen LogP contribution in [-0.2, 0) is 5.41 Å². The normalized spacial score (nSPS) is 12.6. The lowest BCUT2D eigenvalue weighted by molar-refractivity contribution is 0.794. The van der Waals surface area contributed by atoms with Gasteiger partial charge < -0.3 is 0 Å². The molecule has 2 nitrogen and oxygen atoms in total. The maximum atomic E-state index is 5.18. The summed E-state index contributed by atoms with van der Waals surface area (Å²) < 4.78 is 0. The molecule has 1 spiro atoms. The van der Waals surface area contributed by atoms with Crippen molar-refractivity contribution in [3.05, 3.63) is 277 Å². The Morgan fingerprint density at radius 1 is 0.209 bits per heavy atom. The highest BCUT2D eigenvalue weighted by Gasteiger charge is 2.51. The molecule has 0 saturated heterocycles. The van der Waals surface area contributed by atoms with Crippen LogP contribution in [0.5, 0.6) is 0 Å². The minimum atomic E-state index is -0.456. The largest absolute Gasteiger partial charge is 0.228 e. The third-order valence-corrected chi connectivity index (χ3v) is 13.9. The van der Waals surface area contributed by atoms with Gasteiger partial charge in [0, 0.05) is 16.7 Å². The summed E-state index contributed by atoms with van der Waals surface area (Å²) in [5.41, 5.74) is 24.3. The van der Waals surface area contributed by atoms with Gasteiger partial charge in [-0.05, 0) is 119 Å². The average Bonchev–Trinajstić information content (AvgIpc) is 3.88. The second-order valence-corrected chi connectivity index (χ2v) is 17.6. The van der Waals surface area contributed by atoms with Crippen molar-refractivity contribution in [3.8, 4) is 101 Å². The Labute approximate surface area is 391 Å². The Balaban J connectivity index is 0.994. The molecule has 0 bridgehead atoms. The lowest BCUT2D eigenvalue weighted by Gasteiger charge is -2.31. The van der Waals surface area contributed by atoms with Gasteiger partial charge in [-0.1, -0.05) is 224 Å². The lowest BCUT2D eigenvalue weighted by Crippen LogP contribution is -2.25. The second-order valence-electron chi connectivity index (χ2n) is 17.6. The van der Waals surface area contributed by atoms with Crippen LogP contribution in [0.3, 0.4) is 0 Å². The van der Waals surface area contributed by atoms with Gasteiger partial charge in [-0.3, -0.25) is 0 Å². The second kappa shape index (κ2) is 15.8. The van der Waals surface area contributed by atoms with Crippen LogP contribution >= 0.6 is 0 Å². The SMILES string of the molecule is c1ccc(-c2ccc(-c3cc4c(cc3-c3cccc(-c5cccc(-c6nc(-c7ccccc7)cc(-c7ccccc7)n6)c5)c3)C3(c5ccccc5-c5ccccc53)c3ccccc3-4)cc2)cc1. The molecule has 2 aliphatic carbocycles. The van der Waals surface area contributed by atoms with Crippen LogP contribution in [0.25, 0.3) is 101 Å². The molecule has 0 unspecified atom stereocenters. The first-order valence-electron chi connectivity index (χ1n) is 23.1. The van der Waals surface area contributed by atoms with Crippen molar-refractivity contribution in [2.75, 3.05) is 0 Å². The molecule has 13 rings (SSSR count). The summed E-state index contributed by atoms with van der Waals surface area (Å²) in [6, 6.07) is 92.6. The molecule has 0 fully saturated rings. The van der Waals surface area contributed by atoms with Gasteiger partial charge in [0.05, 0.1) is 16.8 Å². The maximum absolute atomic E-state index is 5.18. The van der Waals surface area contributed by atoms with E-state index < -0.39 is 5.41 Å². The van der Waals surface area contributed by atoms with Crippen molar-refractivity contribution in [1.82, 2.24) is 9.97 Å². The van der Waals surface area contributed by atoms with Gasteiger partial charge in [-0.25, -0.2) is 9.97 Å². The number of fused-ring (bicyclic) bond motifs is 10. The van der Waals surface area contributed by atoms with Gasteiger partial charge in [0.15, 0.2) is 5.82 Å². The Bertz CT molecular complexity index is 3560. The zero-order valence-electron chi connectivity index (χ0n) is 36.6. The molecule has 67 heavy (non-hydrogen) atoms. The van der Waals surface area contributed by atoms with E-state index in [-0.39, 0.29) is 0 Å². The molecule has 10 aromatic carbocycles. The molecule has 0 radical (unpaired) electrons. The van der Waals surface area contributed by atoms with Gasteiger partial charge in [-0.15, -0.1) is 0 Å². The van der Waals surface area contributed by atoms with Gasteiger partial charge in [0.2, 0.25) is 0 Å². The van der Waals surface area contributed by atoms with E-state index in [0.717, 1.165) is 44.8 Å². The third-order valence-electron chi connectivity index (χ3n) is 13.9. The van der Waals surface area contributed by atoms with E-state index in [1.165, 1.54) is 72.3 Å². The van der Waals surface area contributed by atoms with Crippen LogP contribution in [0.15, 0.2) is 255 Å². The van der Waals surface area contributed by atoms with Crippen molar-refractivity contribution >= 4 is 0 Å². The van der Waals surface area contributed by atoms with Gasteiger partial charge >= 0.3 is 0 Å². The van der Waals surface area contributed by atoms with E-state index in [0.29, 0.717) is 5.82 Å². The first kappa shape index (κ1) is 38.7. The molecular weight excluding hydrogens is 809 g/mol. The van der Waals surface area contributed by atoms with E-state index in [1.54, 1.807) is 0 Å². The van der Waals surface area contributed by atoms with Crippen LogP contribution < -0.4 is 0 Å². The molecule has 1 aromatic heterocycles. The molecule has 312 valence electrons.